The molecule has 0 spiro atoms. The lowest BCUT2D eigenvalue weighted by Gasteiger charge is -2.12. The number of sulfonamides is 1. The van der Waals surface area contributed by atoms with Crippen molar-refractivity contribution in [1.29, 1.82) is 0 Å². The summed E-state index contributed by atoms with van der Waals surface area (Å²) in [6, 6.07) is 14.7. The summed E-state index contributed by atoms with van der Waals surface area (Å²) >= 11 is 1.57. The molecule has 4 rings (SSSR count). The lowest BCUT2D eigenvalue weighted by molar-refractivity contribution is 0.0951. The van der Waals surface area contributed by atoms with E-state index in [1.807, 2.05) is 17.5 Å². The van der Waals surface area contributed by atoms with Gasteiger partial charge in [0.25, 0.3) is 15.9 Å². The number of rotatable bonds is 6. The van der Waals surface area contributed by atoms with E-state index in [9.17, 15) is 13.2 Å². The molecule has 2 N–H and O–H groups in total. The zero-order chi connectivity index (χ0) is 21.0. The molecular formula is C21H20N2O5S2. The second kappa shape index (κ2) is 8.76. The average Bonchev–Trinajstić information content (AvgIpc) is 3.15. The van der Waals surface area contributed by atoms with Gasteiger partial charge in [-0.1, -0.05) is 6.07 Å². The predicted octanol–water partition coefficient (Wildman–Crippen LogP) is 3.64. The summed E-state index contributed by atoms with van der Waals surface area (Å²) < 4.78 is 39.1. The van der Waals surface area contributed by atoms with E-state index in [4.69, 9.17) is 9.47 Å². The highest BCUT2D eigenvalue weighted by Crippen LogP contribution is 2.32. The molecule has 156 valence electrons. The van der Waals surface area contributed by atoms with Gasteiger partial charge in [0.1, 0.15) is 0 Å². The fourth-order valence-electron chi connectivity index (χ4n) is 2.90. The van der Waals surface area contributed by atoms with Crippen LogP contribution in [0, 0.1) is 0 Å². The molecule has 30 heavy (non-hydrogen) atoms. The molecule has 0 bridgehead atoms. The van der Waals surface area contributed by atoms with Crippen molar-refractivity contribution in [1.82, 2.24) is 5.32 Å². The van der Waals surface area contributed by atoms with Crippen molar-refractivity contribution in [3.63, 3.8) is 0 Å². The number of carbonyl (C=O) groups is 1. The van der Waals surface area contributed by atoms with Crippen LogP contribution in [0.5, 0.6) is 11.5 Å². The van der Waals surface area contributed by atoms with Crippen molar-refractivity contribution >= 4 is 33.0 Å². The molecule has 0 fully saturated rings. The summed E-state index contributed by atoms with van der Waals surface area (Å²) in [6.45, 7) is 1.46. The number of hydrogen-bond acceptors (Lipinski definition) is 6. The number of benzene rings is 2. The number of fused-ring (bicyclic) bond motifs is 1. The monoisotopic (exact) mass is 444 g/mol. The SMILES string of the molecule is O=C(NCc1cccs1)c1ccc(NS(=O)(=O)c2ccc3c(c2)OCCCO3)cc1. The lowest BCUT2D eigenvalue weighted by Crippen LogP contribution is -2.22. The van der Waals surface area contributed by atoms with Crippen LogP contribution in [0.15, 0.2) is 64.9 Å². The van der Waals surface area contributed by atoms with Crippen molar-refractivity contribution in [2.75, 3.05) is 17.9 Å². The summed E-state index contributed by atoms with van der Waals surface area (Å²) in [5.74, 6) is 0.721. The van der Waals surface area contributed by atoms with Crippen LogP contribution < -0.4 is 19.5 Å². The Labute approximate surface area is 178 Å². The van der Waals surface area contributed by atoms with E-state index in [1.54, 1.807) is 41.7 Å². The van der Waals surface area contributed by atoms with Crippen molar-refractivity contribution in [3.8, 4) is 11.5 Å². The Hall–Kier alpha value is -3.04. The second-order valence-electron chi connectivity index (χ2n) is 6.60. The van der Waals surface area contributed by atoms with Crippen molar-refractivity contribution in [3.05, 3.63) is 70.4 Å². The molecule has 0 aliphatic carbocycles. The Kier molecular flexibility index (Phi) is 5.91. The Morgan fingerprint density at radius 1 is 1.00 bits per heavy atom. The maximum atomic E-state index is 12.7. The maximum absolute atomic E-state index is 12.7. The highest BCUT2D eigenvalue weighted by atomic mass is 32.2. The Morgan fingerprint density at radius 2 is 1.77 bits per heavy atom. The third-order valence-corrected chi connectivity index (χ3v) is 6.69. The molecule has 1 aliphatic heterocycles. The molecule has 1 aromatic heterocycles. The summed E-state index contributed by atoms with van der Waals surface area (Å²) in [7, 11) is -3.82. The smallest absolute Gasteiger partial charge is 0.262 e. The summed E-state index contributed by atoms with van der Waals surface area (Å²) in [5.41, 5.74) is 0.807. The van der Waals surface area contributed by atoms with E-state index in [-0.39, 0.29) is 10.8 Å². The largest absolute Gasteiger partial charge is 0.490 e. The van der Waals surface area contributed by atoms with Crippen molar-refractivity contribution in [2.24, 2.45) is 0 Å². The van der Waals surface area contributed by atoms with Crippen LogP contribution in [-0.4, -0.2) is 27.5 Å². The molecule has 3 aromatic rings. The first-order valence-corrected chi connectivity index (χ1v) is 11.7. The zero-order valence-corrected chi connectivity index (χ0v) is 17.6. The van der Waals surface area contributed by atoms with E-state index in [0.717, 1.165) is 11.3 Å². The maximum Gasteiger partial charge on any atom is 0.262 e. The van der Waals surface area contributed by atoms with Crippen molar-refractivity contribution < 1.29 is 22.7 Å². The highest BCUT2D eigenvalue weighted by Gasteiger charge is 2.19. The first-order valence-electron chi connectivity index (χ1n) is 9.34. The van der Waals surface area contributed by atoms with Crippen LogP contribution in [0.1, 0.15) is 21.7 Å². The minimum absolute atomic E-state index is 0.0736. The van der Waals surface area contributed by atoms with Gasteiger partial charge in [-0.3, -0.25) is 9.52 Å². The van der Waals surface area contributed by atoms with Gasteiger partial charge in [-0.2, -0.15) is 0 Å². The van der Waals surface area contributed by atoms with E-state index in [0.29, 0.717) is 42.5 Å². The fraction of sp³-hybridized carbons (Fsp3) is 0.190. The number of ether oxygens (including phenoxy) is 2. The van der Waals surface area contributed by atoms with Crippen LogP contribution in [0.4, 0.5) is 5.69 Å². The molecule has 0 radical (unpaired) electrons. The molecule has 1 amide bonds. The van der Waals surface area contributed by atoms with Crippen molar-refractivity contribution in [2.45, 2.75) is 17.9 Å². The normalized spacial score (nSPS) is 13.3. The number of thiophene rings is 1. The quantitative estimate of drug-likeness (QED) is 0.605. The van der Waals surface area contributed by atoms with E-state index in [1.165, 1.54) is 12.1 Å². The number of anilines is 1. The van der Waals surface area contributed by atoms with E-state index < -0.39 is 10.0 Å². The number of hydrogen-bond donors (Lipinski definition) is 2. The summed E-state index contributed by atoms with van der Waals surface area (Å²) in [4.78, 5) is 13.4. The Bertz CT molecular complexity index is 1130. The third kappa shape index (κ3) is 4.74. The van der Waals surface area contributed by atoms with Gasteiger partial charge in [-0.05, 0) is 47.8 Å². The second-order valence-corrected chi connectivity index (χ2v) is 9.32. The van der Waals surface area contributed by atoms with Crippen LogP contribution in [-0.2, 0) is 16.6 Å². The predicted molar refractivity (Wildman–Crippen MR) is 115 cm³/mol. The summed E-state index contributed by atoms with van der Waals surface area (Å²) in [5, 5.41) is 4.79. The molecule has 0 unspecified atom stereocenters. The van der Waals surface area contributed by atoms with Gasteiger partial charge in [-0.15, -0.1) is 11.3 Å². The number of amides is 1. The topological polar surface area (TPSA) is 93.7 Å². The van der Waals surface area contributed by atoms with Gasteiger partial charge in [0.15, 0.2) is 11.5 Å². The molecule has 2 heterocycles. The summed E-state index contributed by atoms with van der Waals surface area (Å²) in [6.07, 6.45) is 0.738. The van der Waals surface area contributed by atoms with Gasteiger partial charge in [0.05, 0.1) is 24.7 Å². The molecule has 7 nitrogen and oxygen atoms in total. The minimum atomic E-state index is -3.82. The molecule has 0 atom stereocenters. The molecule has 9 heteroatoms. The first-order chi connectivity index (χ1) is 14.5. The van der Waals surface area contributed by atoms with Crippen LogP contribution in [0.3, 0.4) is 0 Å². The Balaban J connectivity index is 1.43. The van der Waals surface area contributed by atoms with E-state index >= 15 is 0 Å². The molecule has 1 aliphatic rings. The van der Waals surface area contributed by atoms with Gasteiger partial charge >= 0.3 is 0 Å². The number of nitrogens with one attached hydrogen (secondary N) is 2. The molecule has 0 saturated heterocycles. The molecule has 0 saturated carbocycles. The average molecular weight is 445 g/mol. The Morgan fingerprint density at radius 3 is 2.50 bits per heavy atom. The standard InChI is InChI=1S/C21H20N2O5S2/c24-21(22-14-17-3-1-12-29-17)15-4-6-16(7-5-15)23-30(25,26)18-8-9-19-20(13-18)28-11-2-10-27-19/h1,3-9,12-13,23H,2,10-11,14H2,(H,22,24). The molecular weight excluding hydrogens is 424 g/mol. The zero-order valence-electron chi connectivity index (χ0n) is 16.0. The first kappa shape index (κ1) is 20.2. The lowest BCUT2D eigenvalue weighted by atomic mass is 10.2. The van der Waals surface area contributed by atoms with Gasteiger partial charge < -0.3 is 14.8 Å². The van der Waals surface area contributed by atoms with Crippen LogP contribution >= 0.6 is 11.3 Å². The van der Waals surface area contributed by atoms with Crippen LogP contribution in [0.25, 0.3) is 0 Å². The highest BCUT2D eigenvalue weighted by molar-refractivity contribution is 7.92. The fourth-order valence-corrected chi connectivity index (χ4v) is 4.62. The van der Waals surface area contributed by atoms with E-state index in [2.05, 4.69) is 10.0 Å². The number of carbonyl (C=O) groups excluding carboxylic acids is 1. The van der Waals surface area contributed by atoms with Gasteiger partial charge in [0.2, 0.25) is 0 Å². The van der Waals surface area contributed by atoms with Gasteiger partial charge in [-0.25, -0.2) is 8.42 Å². The molecule has 2 aromatic carbocycles. The minimum Gasteiger partial charge on any atom is -0.490 e. The van der Waals surface area contributed by atoms with Crippen LogP contribution in [0.2, 0.25) is 0 Å². The van der Waals surface area contributed by atoms with Gasteiger partial charge in [0, 0.05) is 28.6 Å². The third-order valence-electron chi connectivity index (χ3n) is 4.43.